The summed E-state index contributed by atoms with van der Waals surface area (Å²) in [4.78, 5) is 37.9. The molecular weight excluding hydrogens is 496 g/mol. The molecule has 3 rings (SSSR count). The van der Waals surface area contributed by atoms with Crippen LogP contribution in [0.25, 0.3) is 10.9 Å². The molecule has 194 valence electrons. The fraction of sp³-hybridized carbons (Fsp3) is 0.269. The number of amides is 2. The van der Waals surface area contributed by atoms with E-state index < -0.39 is 17.0 Å². The van der Waals surface area contributed by atoms with Crippen LogP contribution in [0.15, 0.2) is 53.4 Å². The van der Waals surface area contributed by atoms with Crippen molar-refractivity contribution in [3.05, 3.63) is 71.2 Å². The molecule has 2 heterocycles. The van der Waals surface area contributed by atoms with Gasteiger partial charge in [0.05, 0.1) is 63.7 Å². The van der Waals surface area contributed by atoms with E-state index in [0.717, 1.165) is 6.07 Å². The molecule has 0 fully saturated rings. The third kappa shape index (κ3) is 8.43. The number of halogens is 1. The van der Waals surface area contributed by atoms with Crippen molar-refractivity contribution in [3.8, 4) is 11.5 Å². The van der Waals surface area contributed by atoms with Crippen LogP contribution >= 0.6 is 0 Å². The molecule has 3 aromatic rings. The summed E-state index contributed by atoms with van der Waals surface area (Å²) in [5, 5.41) is 3.12. The molecule has 39 heavy (non-hydrogen) atoms. The molecule has 4 N–H and O–H groups in total. The number of aromatic nitrogens is 2. The molecule has 6 radical (unpaired) electrons. The van der Waals surface area contributed by atoms with Crippen LogP contribution in [0.4, 0.5) is 4.39 Å². The predicted molar refractivity (Wildman–Crippen MR) is 151 cm³/mol. The van der Waals surface area contributed by atoms with Gasteiger partial charge in [-0.25, -0.2) is 4.39 Å². The van der Waals surface area contributed by atoms with Crippen LogP contribution in [-0.2, 0) is 11.2 Å². The van der Waals surface area contributed by atoms with Gasteiger partial charge >= 0.3 is 0 Å². The second kappa shape index (κ2) is 11.7. The van der Waals surface area contributed by atoms with Crippen molar-refractivity contribution in [1.82, 2.24) is 20.6 Å². The first-order valence-corrected chi connectivity index (χ1v) is 11.8. The first-order chi connectivity index (χ1) is 18.1. The number of hydrogen-bond acceptors (Lipinski definition) is 7. The zero-order valence-electron chi connectivity index (χ0n) is 22.1. The van der Waals surface area contributed by atoms with Gasteiger partial charge in [0.25, 0.3) is 5.91 Å². The lowest BCUT2D eigenvalue weighted by Crippen LogP contribution is -2.50. The zero-order chi connectivity index (χ0) is 29.0. The molecule has 0 bridgehead atoms. The number of carbonyl (C=O) groups excluding carboxylic acids is 2. The number of hydrogen-bond donors (Lipinski definition) is 3. The molecule has 2 amide bonds. The maximum Gasteiger partial charge on any atom is 0.252 e. The Bertz CT molecular complexity index is 1470. The lowest BCUT2D eigenvalue weighted by molar-refractivity contribution is -0.119. The molecular formula is C26H26B3FN6O3. The van der Waals surface area contributed by atoms with Gasteiger partial charge in [0.15, 0.2) is 0 Å². The van der Waals surface area contributed by atoms with Crippen molar-refractivity contribution in [2.75, 3.05) is 0 Å². The van der Waals surface area contributed by atoms with Gasteiger partial charge in [0.1, 0.15) is 17.3 Å². The number of ether oxygens (including phenoxy) is 1. The molecule has 0 aliphatic rings. The van der Waals surface area contributed by atoms with E-state index in [1.54, 1.807) is 25.1 Å². The monoisotopic (exact) mass is 522 g/mol. The topological polar surface area (TPSA) is 132 Å². The molecule has 1 aromatic carbocycles. The highest BCUT2D eigenvalue weighted by Gasteiger charge is 2.20. The maximum atomic E-state index is 14.6. The van der Waals surface area contributed by atoms with Crippen LogP contribution in [0.2, 0.25) is 0 Å². The molecule has 2 aromatic heterocycles. The van der Waals surface area contributed by atoms with Crippen LogP contribution in [0, 0.1) is 12.7 Å². The second-order valence-corrected chi connectivity index (χ2v) is 9.81. The van der Waals surface area contributed by atoms with Gasteiger partial charge in [-0.2, -0.15) is 0 Å². The number of aryl methyl sites for hydroxylation is 1. The Morgan fingerprint density at radius 1 is 1.15 bits per heavy atom. The Morgan fingerprint density at radius 2 is 1.87 bits per heavy atom. The van der Waals surface area contributed by atoms with E-state index in [9.17, 15) is 14.0 Å². The smallest absolute Gasteiger partial charge is 0.252 e. The second-order valence-electron chi connectivity index (χ2n) is 9.81. The van der Waals surface area contributed by atoms with E-state index in [4.69, 9.17) is 34.0 Å². The molecule has 0 saturated carbocycles. The highest BCUT2D eigenvalue weighted by molar-refractivity contribution is 6.60. The first-order valence-electron chi connectivity index (χ1n) is 11.8. The van der Waals surface area contributed by atoms with E-state index in [-0.39, 0.29) is 28.9 Å². The number of aliphatic imine (C=N–C) groups is 1. The zero-order valence-corrected chi connectivity index (χ0v) is 22.1. The van der Waals surface area contributed by atoms with Crippen molar-refractivity contribution in [2.45, 2.75) is 44.9 Å². The Labute approximate surface area is 230 Å². The summed E-state index contributed by atoms with van der Waals surface area (Å²) < 4.78 is 20.6. The van der Waals surface area contributed by atoms with E-state index in [1.807, 2.05) is 20.8 Å². The summed E-state index contributed by atoms with van der Waals surface area (Å²) in [7, 11) is 16.2. The van der Waals surface area contributed by atoms with E-state index in [2.05, 4.69) is 25.6 Å². The molecule has 0 unspecified atom stereocenters. The van der Waals surface area contributed by atoms with Crippen molar-refractivity contribution in [1.29, 1.82) is 0 Å². The molecule has 9 nitrogen and oxygen atoms in total. The third-order valence-electron chi connectivity index (χ3n) is 5.08. The lowest BCUT2D eigenvalue weighted by atomic mass is 9.49. The molecule has 0 saturated heterocycles. The highest BCUT2D eigenvalue weighted by atomic mass is 19.1. The third-order valence-corrected chi connectivity index (χ3v) is 5.08. The quantitative estimate of drug-likeness (QED) is 0.307. The van der Waals surface area contributed by atoms with Gasteiger partial charge < -0.3 is 21.1 Å². The number of nitrogens with zero attached hydrogens (tertiary/aromatic N) is 3. The SMILES string of the molecule is [B]C([B])([B])NC(=O)c1cc2c(Oc3ccc(CC(=O)N/C(C=NC(C)(C)C)=C/N)nc3C)ccnc2cc1F. The van der Waals surface area contributed by atoms with Crippen molar-refractivity contribution in [3.63, 3.8) is 0 Å². The number of benzene rings is 1. The standard InChI is InChI=1S/C26H26B3FN6O3/c1-14-21(6-5-15(34-14)9-23(37)35-16(12-31)13-33-25(2,3)4)39-22-7-8-32-20-11-19(30)17(10-18(20)22)24(38)36-26(27,28)29/h5-8,10-13H,9,31H2,1-4H3,(H,35,37)(H,36,38)/b16-12+,33-13?. The summed E-state index contributed by atoms with van der Waals surface area (Å²) in [6.45, 7) is 7.48. The van der Waals surface area contributed by atoms with Crippen LogP contribution in [0.3, 0.4) is 0 Å². The molecule has 0 atom stereocenters. The average molecular weight is 522 g/mol. The fourth-order valence-corrected chi connectivity index (χ4v) is 3.34. The van der Waals surface area contributed by atoms with E-state index in [0.29, 0.717) is 34.0 Å². The van der Waals surface area contributed by atoms with Crippen LogP contribution in [0.5, 0.6) is 11.5 Å². The minimum atomic E-state index is -2.03. The average Bonchev–Trinajstić information content (AvgIpc) is 2.81. The summed E-state index contributed by atoms with van der Waals surface area (Å²) in [6, 6.07) is 7.21. The number of rotatable bonds is 8. The first kappa shape index (κ1) is 29.4. The number of fused-ring (bicyclic) bond motifs is 1. The molecule has 13 heteroatoms. The summed E-state index contributed by atoms with van der Waals surface area (Å²) in [6.07, 6.45) is 4.20. The van der Waals surface area contributed by atoms with E-state index in [1.165, 1.54) is 24.7 Å². The number of carbonyl (C=O) groups is 2. The summed E-state index contributed by atoms with van der Waals surface area (Å²) in [5.41, 5.74) is 6.54. The van der Waals surface area contributed by atoms with Crippen molar-refractivity contribution < 1.29 is 18.7 Å². The van der Waals surface area contributed by atoms with Crippen LogP contribution in [0.1, 0.15) is 42.5 Å². The number of nitrogens with two attached hydrogens (primary N) is 1. The minimum absolute atomic E-state index is 0.0112. The largest absolute Gasteiger partial charge is 0.455 e. The van der Waals surface area contributed by atoms with Gasteiger partial charge in [-0.1, -0.05) is 5.24 Å². The molecule has 0 aliphatic carbocycles. The van der Waals surface area contributed by atoms with Gasteiger partial charge in [-0.15, -0.1) is 0 Å². The number of allylic oxidation sites excluding steroid dienone is 1. The predicted octanol–water partition coefficient (Wildman–Crippen LogP) is 2.04. The Morgan fingerprint density at radius 3 is 2.49 bits per heavy atom. The lowest BCUT2D eigenvalue weighted by Gasteiger charge is -2.22. The van der Waals surface area contributed by atoms with E-state index >= 15 is 0 Å². The van der Waals surface area contributed by atoms with Gasteiger partial charge in [-0.05, 0) is 52.0 Å². The van der Waals surface area contributed by atoms with Gasteiger partial charge in [-0.3, -0.25) is 24.5 Å². The Balaban J connectivity index is 1.80. The minimum Gasteiger partial charge on any atom is -0.455 e. The molecule has 0 spiro atoms. The van der Waals surface area contributed by atoms with Gasteiger partial charge in [0.2, 0.25) is 5.91 Å². The number of nitrogens with one attached hydrogen (secondary N) is 2. The highest BCUT2D eigenvalue weighted by Crippen LogP contribution is 2.32. The Kier molecular flexibility index (Phi) is 8.83. The summed E-state index contributed by atoms with van der Waals surface area (Å²) >= 11 is 0. The van der Waals surface area contributed by atoms with Crippen LogP contribution in [-0.4, -0.2) is 62.3 Å². The maximum absolute atomic E-state index is 14.6. The van der Waals surface area contributed by atoms with Gasteiger partial charge in [0, 0.05) is 30.1 Å². The number of pyridine rings is 2. The summed E-state index contributed by atoms with van der Waals surface area (Å²) in [5.74, 6) is -1.40. The van der Waals surface area contributed by atoms with Crippen LogP contribution < -0.4 is 21.1 Å². The fourth-order valence-electron chi connectivity index (χ4n) is 3.34. The molecule has 0 aliphatic heterocycles. The van der Waals surface area contributed by atoms with Crippen molar-refractivity contribution >= 4 is 52.5 Å². The van der Waals surface area contributed by atoms with Crippen molar-refractivity contribution in [2.24, 2.45) is 10.7 Å². The Hall–Kier alpha value is -4.15. The normalized spacial score (nSPS) is 12.5.